The van der Waals surface area contributed by atoms with E-state index >= 15 is 0 Å². The van der Waals surface area contributed by atoms with Crippen LogP contribution in [0, 0.1) is 0 Å². The normalized spacial score (nSPS) is 16.2. The number of hydrogen-bond acceptors (Lipinski definition) is 6. The van der Waals surface area contributed by atoms with Crippen molar-refractivity contribution in [3.63, 3.8) is 0 Å². The van der Waals surface area contributed by atoms with Gasteiger partial charge in [-0.1, -0.05) is 0 Å². The Labute approximate surface area is 177 Å². The number of fused-ring (bicyclic) bond motifs is 1. The Bertz CT molecular complexity index is 1120. The second kappa shape index (κ2) is 8.80. The molecule has 0 spiro atoms. The molecule has 1 aromatic carbocycles. The number of anilines is 1. The topological polar surface area (TPSA) is 113 Å². The highest BCUT2D eigenvalue weighted by atomic mass is 19.4. The van der Waals surface area contributed by atoms with Crippen molar-refractivity contribution in [3.8, 4) is 0 Å². The summed E-state index contributed by atoms with van der Waals surface area (Å²) in [7, 11) is 0. The van der Waals surface area contributed by atoms with E-state index in [2.05, 4.69) is 35.6 Å². The highest BCUT2D eigenvalue weighted by Crippen LogP contribution is 2.40. The van der Waals surface area contributed by atoms with E-state index < -0.39 is 40.4 Å². The van der Waals surface area contributed by atoms with Crippen LogP contribution in [0.1, 0.15) is 18.1 Å². The van der Waals surface area contributed by atoms with E-state index in [1.54, 1.807) is 12.3 Å². The summed E-state index contributed by atoms with van der Waals surface area (Å²) in [6.07, 6.45) is -4.98. The SMILES string of the molecule is CC(Nc1ncnc2c(C(F)(F)F)cc(C(F)(F)F)cc12)C(N=CN)=NC1=NCC=CN1. The number of nitrogens with zero attached hydrogens (tertiary/aromatic N) is 5. The highest BCUT2D eigenvalue weighted by Gasteiger charge is 2.39. The molecule has 1 aliphatic heterocycles. The zero-order valence-corrected chi connectivity index (χ0v) is 16.3. The molecule has 1 atom stereocenters. The van der Waals surface area contributed by atoms with Crippen molar-refractivity contribution in [2.24, 2.45) is 20.7 Å². The largest absolute Gasteiger partial charge is 0.418 e. The fraction of sp³-hybridized carbons (Fsp3) is 0.278. The third-order valence-corrected chi connectivity index (χ3v) is 4.22. The van der Waals surface area contributed by atoms with Gasteiger partial charge in [-0.15, -0.1) is 0 Å². The molecular weight excluding hydrogens is 442 g/mol. The van der Waals surface area contributed by atoms with Crippen molar-refractivity contribution in [2.75, 3.05) is 11.9 Å². The van der Waals surface area contributed by atoms with Crippen LogP contribution in [0.25, 0.3) is 10.9 Å². The van der Waals surface area contributed by atoms with E-state index in [0.717, 1.165) is 12.7 Å². The number of nitrogens with one attached hydrogen (secondary N) is 2. The second-order valence-electron chi connectivity index (χ2n) is 6.46. The van der Waals surface area contributed by atoms with Crippen LogP contribution in [0.15, 0.2) is 45.7 Å². The summed E-state index contributed by atoms with van der Waals surface area (Å²) in [5, 5.41) is 5.03. The van der Waals surface area contributed by atoms with Gasteiger partial charge in [-0.05, 0) is 25.1 Å². The van der Waals surface area contributed by atoms with Crippen LogP contribution in [-0.2, 0) is 12.4 Å². The molecule has 0 aliphatic carbocycles. The Hall–Kier alpha value is -3.71. The van der Waals surface area contributed by atoms with Gasteiger partial charge in [0.15, 0.2) is 5.84 Å². The molecule has 1 aromatic heterocycles. The fourth-order valence-corrected chi connectivity index (χ4v) is 2.79. The molecule has 1 unspecified atom stereocenters. The predicted octanol–water partition coefficient (Wildman–Crippen LogP) is 3.33. The fourth-order valence-electron chi connectivity index (χ4n) is 2.79. The molecule has 2 aromatic rings. The summed E-state index contributed by atoms with van der Waals surface area (Å²) in [6, 6.07) is -0.249. The lowest BCUT2D eigenvalue weighted by molar-refractivity contribution is -0.142. The number of halogens is 6. The third-order valence-electron chi connectivity index (χ3n) is 4.22. The van der Waals surface area contributed by atoms with E-state index in [9.17, 15) is 26.3 Å². The lowest BCUT2D eigenvalue weighted by atomic mass is 10.0. The Morgan fingerprint density at radius 2 is 1.94 bits per heavy atom. The first kappa shape index (κ1) is 23.0. The Morgan fingerprint density at radius 3 is 2.53 bits per heavy atom. The molecular formula is C18H16F6N8. The molecule has 0 saturated carbocycles. The summed E-state index contributed by atoms with van der Waals surface area (Å²) < 4.78 is 80.1. The molecule has 8 nitrogen and oxygen atoms in total. The molecule has 3 rings (SSSR count). The summed E-state index contributed by atoms with van der Waals surface area (Å²) in [5.74, 6) is -0.00527. The number of benzene rings is 1. The van der Waals surface area contributed by atoms with Gasteiger partial charge < -0.3 is 16.4 Å². The van der Waals surface area contributed by atoms with Gasteiger partial charge in [0.25, 0.3) is 0 Å². The number of guanidine groups is 1. The summed E-state index contributed by atoms with van der Waals surface area (Å²) in [6.45, 7) is 1.89. The maximum Gasteiger partial charge on any atom is 0.418 e. The average molecular weight is 458 g/mol. The average Bonchev–Trinajstić information content (AvgIpc) is 2.72. The van der Waals surface area contributed by atoms with Gasteiger partial charge in [0.2, 0.25) is 5.96 Å². The zero-order valence-electron chi connectivity index (χ0n) is 16.3. The molecule has 0 bridgehead atoms. The minimum absolute atomic E-state index is 0.0224. The van der Waals surface area contributed by atoms with Crippen molar-refractivity contribution < 1.29 is 26.3 Å². The van der Waals surface area contributed by atoms with Crippen LogP contribution in [0.2, 0.25) is 0 Å². The Balaban J connectivity index is 2.08. The molecule has 2 heterocycles. The third kappa shape index (κ3) is 5.12. The molecule has 0 saturated heterocycles. The van der Waals surface area contributed by atoms with Gasteiger partial charge >= 0.3 is 12.4 Å². The van der Waals surface area contributed by atoms with Crippen LogP contribution in [0.4, 0.5) is 32.2 Å². The van der Waals surface area contributed by atoms with E-state index in [-0.39, 0.29) is 23.7 Å². The molecule has 0 fully saturated rings. The number of amidine groups is 1. The van der Waals surface area contributed by atoms with Gasteiger partial charge in [0.1, 0.15) is 12.1 Å². The van der Waals surface area contributed by atoms with Gasteiger partial charge in [0, 0.05) is 11.6 Å². The summed E-state index contributed by atoms with van der Waals surface area (Å²) >= 11 is 0. The smallest absolute Gasteiger partial charge is 0.390 e. The van der Waals surface area contributed by atoms with Crippen LogP contribution >= 0.6 is 0 Å². The first-order valence-electron chi connectivity index (χ1n) is 8.99. The summed E-state index contributed by atoms with van der Waals surface area (Å²) in [4.78, 5) is 19.5. The predicted molar refractivity (Wildman–Crippen MR) is 107 cm³/mol. The van der Waals surface area contributed by atoms with Crippen molar-refractivity contribution in [1.29, 1.82) is 0 Å². The van der Waals surface area contributed by atoms with Crippen molar-refractivity contribution >= 4 is 34.9 Å². The minimum atomic E-state index is -5.06. The number of alkyl halides is 6. The van der Waals surface area contributed by atoms with Crippen LogP contribution < -0.4 is 16.4 Å². The number of aliphatic imine (C=N–C) groups is 3. The maximum absolute atomic E-state index is 13.4. The van der Waals surface area contributed by atoms with E-state index in [4.69, 9.17) is 5.73 Å². The van der Waals surface area contributed by atoms with Gasteiger partial charge in [-0.2, -0.15) is 31.3 Å². The Morgan fingerprint density at radius 1 is 1.19 bits per heavy atom. The van der Waals surface area contributed by atoms with Gasteiger partial charge in [-0.25, -0.2) is 20.0 Å². The molecule has 0 amide bonds. The lowest BCUT2D eigenvalue weighted by Gasteiger charge is -2.18. The number of nitrogens with two attached hydrogens (primary N) is 1. The van der Waals surface area contributed by atoms with E-state index in [0.29, 0.717) is 12.6 Å². The molecule has 4 N–H and O–H groups in total. The van der Waals surface area contributed by atoms with Crippen molar-refractivity contribution in [3.05, 3.63) is 41.9 Å². The molecule has 14 heteroatoms. The van der Waals surface area contributed by atoms with Crippen LogP contribution in [0.3, 0.4) is 0 Å². The molecule has 170 valence electrons. The standard InChI is InChI=1S/C18H16F6N8/c1-9(14(28-7-25)32-16-26-3-2-4-27-16)31-15-11-5-10(17(19,20)21)6-12(18(22,23)24)13(11)29-8-30-15/h2-3,5-9H,4H2,1H3,(H,29,30,31)(H3,25,26,27,28,32). The first-order chi connectivity index (χ1) is 15.0. The van der Waals surface area contributed by atoms with E-state index in [1.165, 1.54) is 6.92 Å². The maximum atomic E-state index is 13.4. The second-order valence-corrected chi connectivity index (χ2v) is 6.46. The number of aromatic nitrogens is 2. The lowest BCUT2D eigenvalue weighted by Crippen LogP contribution is -2.29. The van der Waals surface area contributed by atoms with Crippen molar-refractivity contribution in [2.45, 2.75) is 25.3 Å². The zero-order chi connectivity index (χ0) is 23.5. The van der Waals surface area contributed by atoms with E-state index in [1.807, 2.05) is 0 Å². The molecule has 32 heavy (non-hydrogen) atoms. The number of rotatable bonds is 3. The van der Waals surface area contributed by atoms with Gasteiger partial charge in [-0.3, -0.25) is 0 Å². The molecule has 0 radical (unpaired) electrons. The van der Waals surface area contributed by atoms with Crippen LogP contribution in [0.5, 0.6) is 0 Å². The monoisotopic (exact) mass is 458 g/mol. The number of hydrogen-bond donors (Lipinski definition) is 3. The van der Waals surface area contributed by atoms with Crippen LogP contribution in [-0.4, -0.2) is 40.7 Å². The van der Waals surface area contributed by atoms with Gasteiger partial charge in [0.05, 0.1) is 35.6 Å². The first-order valence-corrected chi connectivity index (χ1v) is 8.99. The Kier molecular flexibility index (Phi) is 6.32. The summed E-state index contributed by atoms with van der Waals surface area (Å²) in [5.41, 5.74) is 1.65. The van der Waals surface area contributed by atoms with Crippen molar-refractivity contribution in [1.82, 2.24) is 15.3 Å². The highest BCUT2D eigenvalue weighted by molar-refractivity contribution is 6.03. The molecule has 1 aliphatic rings. The minimum Gasteiger partial charge on any atom is -0.390 e. The quantitative estimate of drug-likeness (QED) is 0.371.